The van der Waals surface area contributed by atoms with Crippen molar-refractivity contribution >= 4 is 50.7 Å². The van der Waals surface area contributed by atoms with E-state index in [0.717, 1.165) is 11.0 Å². The lowest BCUT2D eigenvalue weighted by Crippen LogP contribution is -2.45. The summed E-state index contributed by atoms with van der Waals surface area (Å²) in [6, 6.07) is 13.4. The van der Waals surface area contributed by atoms with E-state index >= 15 is 4.39 Å². The molecule has 0 bridgehead atoms. The summed E-state index contributed by atoms with van der Waals surface area (Å²) in [6.45, 7) is 2.99. The number of nitrogens with zero attached hydrogens (tertiary/aromatic N) is 1. The van der Waals surface area contributed by atoms with E-state index in [1.807, 2.05) is 0 Å². The quantitative estimate of drug-likeness (QED) is 0.443. The van der Waals surface area contributed by atoms with E-state index in [9.17, 15) is 15.0 Å². The number of aliphatic hydroxyl groups is 2. The second-order valence-electron chi connectivity index (χ2n) is 7.86. The third-order valence-corrected chi connectivity index (χ3v) is 6.42. The summed E-state index contributed by atoms with van der Waals surface area (Å²) in [4.78, 5) is 14.7. The molecule has 4 rings (SSSR count). The van der Waals surface area contributed by atoms with Gasteiger partial charge in [0.25, 0.3) is 5.91 Å². The van der Waals surface area contributed by atoms with Crippen LogP contribution in [0.3, 0.4) is 0 Å². The molecule has 3 aromatic rings. The fraction of sp³-hybridized carbons (Fsp3) is 0.174. The first-order chi connectivity index (χ1) is 14.4. The van der Waals surface area contributed by atoms with E-state index < -0.39 is 23.1 Å². The average molecular weight is 525 g/mol. The number of benzene rings is 3. The molecular formula is C23H17BrCl2FNO3. The molecule has 1 heterocycles. The highest BCUT2D eigenvalue weighted by Gasteiger charge is 2.53. The minimum absolute atomic E-state index is 0.0450. The summed E-state index contributed by atoms with van der Waals surface area (Å²) in [7, 11) is 0. The minimum atomic E-state index is -2.16. The number of hydrogen-bond acceptors (Lipinski definition) is 3. The molecule has 1 unspecified atom stereocenters. The van der Waals surface area contributed by atoms with E-state index in [4.69, 9.17) is 23.2 Å². The molecule has 3 aromatic carbocycles. The molecule has 0 aromatic heterocycles. The Morgan fingerprint density at radius 3 is 2.23 bits per heavy atom. The van der Waals surface area contributed by atoms with Gasteiger partial charge in [-0.15, -0.1) is 0 Å². The van der Waals surface area contributed by atoms with Crippen LogP contribution in [0, 0.1) is 5.82 Å². The number of amides is 1. The molecule has 8 heteroatoms. The Balaban J connectivity index is 2.05. The molecule has 0 saturated carbocycles. The maximum atomic E-state index is 15.5. The summed E-state index contributed by atoms with van der Waals surface area (Å²) in [5.41, 5.74) is -3.02. The van der Waals surface area contributed by atoms with Crippen LogP contribution in [0.1, 0.15) is 40.9 Å². The number of carbonyl (C=O) groups excluding carboxylic acids is 1. The number of rotatable bonds is 3. The van der Waals surface area contributed by atoms with Crippen LogP contribution >= 0.6 is 39.1 Å². The molecule has 1 aliphatic heterocycles. The number of fused-ring (bicyclic) bond motifs is 1. The first-order valence-corrected chi connectivity index (χ1v) is 10.8. The molecule has 0 saturated heterocycles. The van der Waals surface area contributed by atoms with Crippen molar-refractivity contribution in [1.29, 1.82) is 0 Å². The highest BCUT2D eigenvalue weighted by molar-refractivity contribution is 9.10. The second kappa shape index (κ2) is 7.57. The van der Waals surface area contributed by atoms with Crippen LogP contribution in [0.15, 0.2) is 59.1 Å². The van der Waals surface area contributed by atoms with Gasteiger partial charge in [-0.3, -0.25) is 9.69 Å². The highest BCUT2D eigenvalue weighted by Crippen LogP contribution is 2.49. The van der Waals surface area contributed by atoms with Crippen molar-refractivity contribution in [3.8, 4) is 0 Å². The topological polar surface area (TPSA) is 60.8 Å². The van der Waals surface area contributed by atoms with E-state index in [-0.39, 0.29) is 22.3 Å². The third kappa shape index (κ3) is 3.56. The van der Waals surface area contributed by atoms with Gasteiger partial charge in [0.1, 0.15) is 5.82 Å². The fourth-order valence-corrected chi connectivity index (χ4v) is 4.75. The van der Waals surface area contributed by atoms with Crippen LogP contribution in [0.25, 0.3) is 0 Å². The van der Waals surface area contributed by atoms with Gasteiger partial charge in [-0.05, 0) is 77.8 Å². The fourth-order valence-electron chi connectivity index (χ4n) is 3.76. The highest BCUT2D eigenvalue weighted by atomic mass is 79.9. The molecular weight excluding hydrogens is 508 g/mol. The molecule has 1 amide bonds. The van der Waals surface area contributed by atoms with Crippen molar-refractivity contribution in [3.63, 3.8) is 0 Å². The van der Waals surface area contributed by atoms with Crippen LogP contribution < -0.4 is 4.90 Å². The van der Waals surface area contributed by atoms with Crippen molar-refractivity contribution in [2.45, 2.75) is 25.2 Å². The lowest BCUT2D eigenvalue weighted by atomic mass is 9.89. The Hall–Kier alpha value is -1.96. The van der Waals surface area contributed by atoms with Crippen LogP contribution in [0.5, 0.6) is 0 Å². The molecule has 0 aliphatic carbocycles. The third-order valence-electron chi connectivity index (χ3n) is 5.30. The summed E-state index contributed by atoms with van der Waals surface area (Å²) in [6.07, 6.45) is 0. The maximum Gasteiger partial charge on any atom is 0.261 e. The Morgan fingerprint density at radius 2 is 1.65 bits per heavy atom. The lowest BCUT2D eigenvalue weighted by molar-refractivity contribution is 0.0679. The number of halogens is 4. The molecule has 0 radical (unpaired) electrons. The molecule has 160 valence electrons. The van der Waals surface area contributed by atoms with Crippen molar-refractivity contribution < 1.29 is 19.4 Å². The molecule has 1 aliphatic rings. The Labute approximate surface area is 197 Å². The Morgan fingerprint density at radius 1 is 1.03 bits per heavy atom. The predicted molar refractivity (Wildman–Crippen MR) is 122 cm³/mol. The molecule has 31 heavy (non-hydrogen) atoms. The standard InChI is InChI=1S/C23H17BrCl2FNO3/c1-22(2,30)13-9-16-20(18(27)10-13)23(31,12-3-5-14(25)6-4-12)28(21(16)29)19-8-7-15(26)11-17(19)24/h3-11,30-31H,1-2H3. The van der Waals surface area contributed by atoms with Crippen LogP contribution in [0.4, 0.5) is 10.1 Å². The van der Waals surface area contributed by atoms with Crippen molar-refractivity contribution in [2.75, 3.05) is 4.90 Å². The molecule has 2 N–H and O–H groups in total. The van der Waals surface area contributed by atoms with Crippen LogP contribution in [-0.4, -0.2) is 16.1 Å². The van der Waals surface area contributed by atoms with Gasteiger partial charge in [-0.25, -0.2) is 4.39 Å². The van der Waals surface area contributed by atoms with Crippen molar-refractivity contribution in [1.82, 2.24) is 0 Å². The summed E-state index contributed by atoms with van der Waals surface area (Å²) >= 11 is 15.4. The van der Waals surface area contributed by atoms with Gasteiger partial charge >= 0.3 is 0 Å². The zero-order chi connectivity index (χ0) is 22.7. The van der Waals surface area contributed by atoms with E-state index in [2.05, 4.69) is 15.9 Å². The molecule has 0 fully saturated rings. The number of hydrogen-bond donors (Lipinski definition) is 2. The average Bonchev–Trinajstić information content (AvgIpc) is 2.90. The minimum Gasteiger partial charge on any atom is -0.386 e. The zero-order valence-electron chi connectivity index (χ0n) is 16.5. The van der Waals surface area contributed by atoms with Gasteiger partial charge in [0, 0.05) is 20.1 Å². The largest absolute Gasteiger partial charge is 0.386 e. The van der Waals surface area contributed by atoms with Gasteiger partial charge < -0.3 is 10.2 Å². The summed E-state index contributed by atoms with van der Waals surface area (Å²) in [5.74, 6) is -1.44. The normalized spacial score (nSPS) is 18.5. The predicted octanol–water partition coefficient (Wildman–Crippen LogP) is 5.98. The first kappa shape index (κ1) is 22.2. The molecule has 1 atom stereocenters. The summed E-state index contributed by atoms with van der Waals surface area (Å²) < 4.78 is 15.9. The van der Waals surface area contributed by atoms with E-state index in [1.165, 1.54) is 32.0 Å². The lowest BCUT2D eigenvalue weighted by Gasteiger charge is -2.35. The maximum absolute atomic E-state index is 15.5. The van der Waals surface area contributed by atoms with Gasteiger partial charge in [0.05, 0.1) is 22.4 Å². The van der Waals surface area contributed by atoms with Gasteiger partial charge in [0.15, 0.2) is 0 Å². The number of carbonyl (C=O) groups is 1. The molecule has 4 nitrogen and oxygen atoms in total. The van der Waals surface area contributed by atoms with Gasteiger partial charge in [-0.1, -0.05) is 35.3 Å². The second-order valence-corrected chi connectivity index (χ2v) is 9.58. The molecule has 0 spiro atoms. The van der Waals surface area contributed by atoms with Gasteiger partial charge in [-0.2, -0.15) is 0 Å². The van der Waals surface area contributed by atoms with Crippen molar-refractivity contribution in [3.05, 3.63) is 97.2 Å². The zero-order valence-corrected chi connectivity index (χ0v) is 19.6. The smallest absolute Gasteiger partial charge is 0.261 e. The monoisotopic (exact) mass is 523 g/mol. The Kier molecular flexibility index (Phi) is 5.43. The van der Waals surface area contributed by atoms with Crippen molar-refractivity contribution in [2.24, 2.45) is 0 Å². The first-order valence-electron chi connectivity index (χ1n) is 9.29. The Bertz CT molecular complexity index is 1210. The van der Waals surface area contributed by atoms with Crippen LogP contribution in [-0.2, 0) is 11.3 Å². The SMILES string of the molecule is CC(C)(O)c1cc(F)c2c(c1)C(=O)N(c1ccc(Cl)cc1Br)C2(O)c1ccc(Cl)cc1. The van der Waals surface area contributed by atoms with Gasteiger partial charge in [0.2, 0.25) is 5.72 Å². The summed E-state index contributed by atoms with van der Waals surface area (Å²) in [5, 5.41) is 23.2. The number of anilines is 1. The van der Waals surface area contributed by atoms with E-state index in [1.54, 1.807) is 30.3 Å². The van der Waals surface area contributed by atoms with Crippen LogP contribution in [0.2, 0.25) is 10.0 Å². The van der Waals surface area contributed by atoms with E-state index in [0.29, 0.717) is 20.2 Å².